The zero-order chi connectivity index (χ0) is 26.9. The standard InChI is InChI=1S/C34H43NO2Si/c1-34(2,3)38(4,5)37-30-16-18-32-28(23-30)13-17-31(26-9-7-6-8-10-26)33(32)27-11-14-29(15-12-27)35-21-19-25(24-36)20-22-35/h6-12,14-16,18,23-25,31,33H,13,17,19-22H2,1-5H3/t31-,33+/m1/s1. The van der Waals surface area contributed by atoms with Gasteiger partial charge in [-0.2, -0.15) is 0 Å². The lowest BCUT2D eigenvalue weighted by molar-refractivity contribution is -0.111. The molecule has 1 aliphatic heterocycles. The van der Waals surface area contributed by atoms with Crippen LogP contribution in [0, 0.1) is 5.92 Å². The molecule has 200 valence electrons. The number of rotatable bonds is 6. The first-order chi connectivity index (χ1) is 18.2. The molecule has 2 atom stereocenters. The number of piperidine rings is 1. The van der Waals surface area contributed by atoms with Crippen LogP contribution < -0.4 is 9.33 Å². The number of carbonyl (C=O) groups excluding carboxylic acids is 1. The van der Waals surface area contributed by atoms with Crippen LogP contribution in [0.3, 0.4) is 0 Å². The minimum absolute atomic E-state index is 0.175. The van der Waals surface area contributed by atoms with Crippen molar-refractivity contribution in [3.63, 3.8) is 0 Å². The van der Waals surface area contributed by atoms with Crippen molar-refractivity contribution >= 4 is 20.3 Å². The summed E-state index contributed by atoms with van der Waals surface area (Å²) in [5.74, 6) is 2.02. The zero-order valence-electron chi connectivity index (χ0n) is 23.7. The molecular formula is C34H43NO2Si. The highest BCUT2D eigenvalue weighted by atomic mass is 28.4. The van der Waals surface area contributed by atoms with Crippen LogP contribution in [0.15, 0.2) is 72.8 Å². The Morgan fingerprint density at radius 2 is 1.55 bits per heavy atom. The Hall–Kier alpha value is -2.85. The molecule has 0 radical (unpaired) electrons. The molecule has 1 saturated heterocycles. The fourth-order valence-corrected chi connectivity index (χ4v) is 6.99. The Morgan fingerprint density at radius 3 is 2.18 bits per heavy atom. The number of nitrogens with zero attached hydrogens (tertiary/aromatic N) is 1. The van der Waals surface area contributed by atoms with E-state index in [4.69, 9.17) is 4.43 Å². The molecule has 1 fully saturated rings. The molecule has 0 saturated carbocycles. The van der Waals surface area contributed by atoms with E-state index in [1.165, 1.54) is 27.9 Å². The first-order valence-electron chi connectivity index (χ1n) is 14.3. The number of aryl methyl sites for hydroxylation is 1. The smallest absolute Gasteiger partial charge is 0.250 e. The van der Waals surface area contributed by atoms with Gasteiger partial charge in [0, 0.05) is 30.6 Å². The first kappa shape index (κ1) is 26.7. The van der Waals surface area contributed by atoms with Crippen molar-refractivity contribution in [2.45, 2.75) is 76.4 Å². The van der Waals surface area contributed by atoms with E-state index in [2.05, 4.69) is 112 Å². The summed E-state index contributed by atoms with van der Waals surface area (Å²) in [6.45, 7) is 13.5. The Bertz CT molecular complexity index is 1240. The quantitative estimate of drug-likeness (QED) is 0.239. The molecule has 2 aliphatic rings. The van der Waals surface area contributed by atoms with Crippen molar-refractivity contribution in [1.82, 2.24) is 0 Å². The lowest BCUT2D eigenvalue weighted by Gasteiger charge is -2.38. The molecule has 0 N–H and O–H groups in total. The maximum Gasteiger partial charge on any atom is 0.250 e. The van der Waals surface area contributed by atoms with Gasteiger partial charge in [0.15, 0.2) is 0 Å². The first-order valence-corrected chi connectivity index (χ1v) is 17.2. The third-order valence-electron chi connectivity index (χ3n) is 9.33. The number of hydrogen-bond acceptors (Lipinski definition) is 3. The van der Waals surface area contributed by atoms with Gasteiger partial charge >= 0.3 is 0 Å². The van der Waals surface area contributed by atoms with Gasteiger partial charge in [-0.25, -0.2) is 0 Å². The van der Waals surface area contributed by atoms with Crippen LogP contribution in [0.2, 0.25) is 18.1 Å². The number of carbonyl (C=O) groups is 1. The van der Waals surface area contributed by atoms with Crippen molar-refractivity contribution in [2.75, 3.05) is 18.0 Å². The average Bonchev–Trinajstić information content (AvgIpc) is 2.92. The third kappa shape index (κ3) is 5.47. The topological polar surface area (TPSA) is 29.5 Å². The predicted molar refractivity (Wildman–Crippen MR) is 161 cm³/mol. The van der Waals surface area contributed by atoms with E-state index in [0.717, 1.165) is 50.8 Å². The van der Waals surface area contributed by atoms with Gasteiger partial charge in [-0.3, -0.25) is 0 Å². The normalized spacial score (nSPS) is 20.6. The summed E-state index contributed by atoms with van der Waals surface area (Å²) < 4.78 is 6.69. The van der Waals surface area contributed by atoms with E-state index < -0.39 is 8.32 Å². The van der Waals surface area contributed by atoms with Crippen LogP contribution in [0.5, 0.6) is 5.75 Å². The number of benzene rings is 3. The van der Waals surface area contributed by atoms with Gasteiger partial charge in [0.2, 0.25) is 8.32 Å². The van der Waals surface area contributed by atoms with Crippen molar-refractivity contribution < 1.29 is 9.22 Å². The Kier molecular flexibility index (Phi) is 7.55. The molecule has 4 heteroatoms. The molecule has 3 nitrogen and oxygen atoms in total. The lowest BCUT2D eigenvalue weighted by atomic mass is 9.69. The van der Waals surface area contributed by atoms with E-state index in [1.807, 2.05) is 0 Å². The molecule has 0 aromatic heterocycles. The van der Waals surface area contributed by atoms with Crippen LogP contribution >= 0.6 is 0 Å². The van der Waals surface area contributed by atoms with Gasteiger partial charge in [-0.1, -0.05) is 69.3 Å². The van der Waals surface area contributed by atoms with E-state index in [9.17, 15) is 4.79 Å². The molecule has 1 aliphatic carbocycles. The van der Waals surface area contributed by atoms with Crippen LogP contribution in [0.25, 0.3) is 0 Å². The molecule has 0 bridgehead atoms. The summed E-state index contributed by atoms with van der Waals surface area (Å²) in [4.78, 5) is 13.6. The van der Waals surface area contributed by atoms with Gasteiger partial charge in [0.05, 0.1) is 0 Å². The van der Waals surface area contributed by atoms with E-state index in [1.54, 1.807) is 0 Å². The molecule has 3 aromatic carbocycles. The Balaban J connectivity index is 1.46. The minimum Gasteiger partial charge on any atom is -0.543 e. The fraction of sp³-hybridized carbons (Fsp3) is 0.441. The molecule has 1 heterocycles. The van der Waals surface area contributed by atoms with E-state index in [-0.39, 0.29) is 11.0 Å². The number of hydrogen-bond donors (Lipinski definition) is 0. The van der Waals surface area contributed by atoms with Crippen LogP contribution in [-0.4, -0.2) is 27.7 Å². The predicted octanol–water partition coefficient (Wildman–Crippen LogP) is 8.35. The van der Waals surface area contributed by atoms with Crippen molar-refractivity contribution in [2.24, 2.45) is 5.92 Å². The highest BCUT2D eigenvalue weighted by molar-refractivity contribution is 6.74. The van der Waals surface area contributed by atoms with Gasteiger partial charge in [0.1, 0.15) is 12.0 Å². The van der Waals surface area contributed by atoms with Crippen molar-refractivity contribution in [3.8, 4) is 5.75 Å². The maximum atomic E-state index is 11.2. The minimum atomic E-state index is -1.89. The molecule has 3 aromatic rings. The largest absolute Gasteiger partial charge is 0.543 e. The molecule has 38 heavy (non-hydrogen) atoms. The monoisotopic (exact) mass is 525 g/mol. The highest BCUT2D eigenvalue weighted by Gasteiger charge is 2.39. The summed E-state index contributed by atoms with van der Waals surface area (Å²) in [6, 6.07) is 27.2. The summed E-state index contributed by atoms with van der Waals surface area (Å²) in [5, 5.41) is 0.175. The highest BCUT2D eigenvalue weighted by Crippen LogP contribution is 2.48. The van der Waals surface area contributed by atoms with Crippen molar-refractivity contribution in [1.29, 1.82) is 0 Å². The summed E-state index contributed by atoms with van der Waals surface area (Å²) >= 11 is 0. The van der Waals surface area contributed by atoms with E-state index in [0.29, 0.717) is 11.8 Å². The summed E-state index contributed by atoms with van der Waals surface area (Å²) in [7, 11) is -1.89. The maximum absolute atomic E-state index is 11.2. The number of anilines is 1. The zero-order valence-corrected chi connectivity index (χ0v) is 24.7. The van der Waals surface area contributed by atoms with Gasteiger partial charge < -0.3 is 14.1 Å². The number of fused-ring (bicyclic) bond motifs is 1. The average molecular weight is 526 g/mol. The lowest BCUT2D eigenvalue weighted by Crippen LogP contribution is -2.43. The Morgan fingerprint density at radius 1 is 0.868 bits per heavy atom. The SMILES string of the molecule is CC(C)(C)[Si](C)(C)Oc1ccc2c(c1)CC[C@H](c1ccccc1)[C@@H]2c1ccc(N2CCC(C=O)CC2)cc1. The molecule has 0 unspecified atom stereocenters. The van der Waals surface area contributed by atoms with Crippen LogP contribution in [-0.2, 0) is 11.2 Å². The second-order valence-electron chi connectivity index (χ2n) is 12.8. The van der Waals surface area contributed by atoms with Gasteiger partial charge in [0.25, 0.3) is 0 Å². The third-order valence-corrected chi connectivity index (χ3v) is 13.7. The molecule has 0 amide bonds. The van der Waals surface area contributed by atoms with Crippen LogP contribution in [0.4, 0.5) is 5.69 Å². The molecule has 0 spiro atoms. The van der Waals surface area contributed by atoms with Crippen LogP contribution in [0.1, 0.15) is 74.1 Å². The molecule has 5 rings (SSSR count). The molecular weight excluding hydrogens is 482 g/mol. The summed E-state index contributed by atoms with van der Waals surface area (Å²) in [6.07, 6.45) is 5.25. The second kappa shape index (κ2) is 10.7. The van der Waals surface area contributed by atoms with E-state index >= 15 is 0 Å². The van der Waals surface area contributed by atoms with Gasteiger partial charge in [-0.05, 0) is 96.3 Å². The summed E-state index contributed by atoms with van der Waals surface area (Å²) in [5.41, 5.74) is 6.93. The number of aldehydes is 1. The Labute approximate surface area is 230 Å². The fourth-order valence-electron chi connectivity index (χ4n) is 5.97. The second-order valence-corrected chi connectivity index (χ2v) is 17.5. The van der Waals surface area contributed by atoms with Crippen molar-refractivity contribution in [3.05, 3.63) is 95.1 Å². The van der Waals surface area contributed by atoms with Gasteiger partial charge in [-0.15, -0.1) is 0 Å².